The van der Waals surface area contributed by atoms with Crippen molar-refractivity contribution in [3.63, 3.8) is 0 Å². The molecule has 3 amide bonds. The number of nitrogens with one attached hydrogen (secondary N) is 2. The van der Waals surface area contributed by atoms with E-state index in [0.29, 0.717) is 190 Å². The highest BCUT2D eigenvalue weighted by molar-refractivity contribution is 6.39. The van der Waals surface area contributed by atoms with Gasteiger partial charge in [0.25, 0.3) is 17.7 Å². The molecular weight excluding hydrogens is 1720 g/mol. The number of hydrogen-bond donors (Lipinski definition) is 6. The number of fused-ring (bicyclic) bond motifs is 6. The molecule has 8 heterocycles. The first-order valence-corrected chi connectivity index (χ1v) is 48.6. The van der Waals surface area contributed by atoms with Crippen LogP contribution in [-0.2, 0) is 110 Å². The number of anilines is 2. The molecule has 6 aliphatic rings. The van der Waals surface area contributed by atoms with E-state index in [1.807, 2.05) is 65.9 Å². The molecule has 3 aromatic heterocycles. The van der Waals surface area contributed by atoms with Gasteiger partial charge in [-0.2, -0.15) is 15.6 Å². The van der Waals surface area contributed by atoms with E-state index in [1.54, 1.807) is 34.3 Å². The van der Waals surface area contributed by atoms with Crippen molar-refractivity contribution < 1.29 is 105 Å². The minimum absolute atomic E-state index is 0.0389. The van der Waals surface area contributed by atoms with E-state index >= 15 is 0 Å². The van der Waals surface area contributed by atoms with E-state index in [0.717, 1.165) is 93.5 Å². The minimum Gasteiger partial charge on any atom is -0.461 e. The molecule has 0 radical (unpaired) electrons. The second-order valence-electron chi connectivity index (χ2n) is 38.0. The van der Waals surface area contributed by atoms with Crippen LogP contribution in [0.5, 0.6) is 0 Å². The number of carbonyl (C=O) groups excluding carboxylic acids is 5. The Labute approximate surface area is 790 Å². The van der Waals surface area contributed by atoms with Crippen LogP contribution < -0.4 is 22.3 Å². The summed E-state index contributed by atoms with van der Waals surface area (Å²) in [6.07, 6.45) is 20.1. The molecule has 5 aliphatic heterocycles. The molecule has 1 unspecified atom stereocenters. The van der Waals surface area contributed by atoms with Crippen LogP contribution in [0.3, 0.4) is 0 Å². The van der Waals surface area contributed by atoms with Crippen molar-refractivity contribution in [2.24, 2.45) is 35.5 Å². The van der Waals surface area contributed by atoms with E-state index in [1.165, 1.54) is 16.8 Å². The van der Waals surface area contributed by atoms with Gasteiger partial charge in [-0.1, -0.05) is 89.3 Å². The predicted octanol–water partition coefficient (Wildman–Crippen LogP) is 10.6. The van der Waals surface area contributed by atoms with E-state index < -0.39 is 72.0 Å². The SMILES string of the molecule is CO[C@H]1C[C@@H]2CC[C@@H](C)[C@@](O)(O2)C(=O)C(=O)N2CCCC[C@H]2C(=O)O[C@H]([C@H](C)C[C@@H]2CC[C@@H](OCCCN3CCOC(C)(C)C3)[C@H](OC)C2)CC[C@H](C)/C=C(\C)[C@@H](O)[C@@H](OC)C(NOCC(=O)NCCOCCOCCOCCOCCOCCOCCC(=O)N2CCc3cc(Cn4nc(-c5ccc6oc(N)nc6c5)c5c(N)ncnc54)ccc3C2)[C@H](C)C[C@H](C)C\C=C/C=C/C=C/1C. The number of rotatable bonds is 39. The highest BCUT2D eigenvalue weighted by Gasteiger charge is 2.53. The average molecular weight is 1870 g/mol. The average Bonchev–Trinajstić information content (AvgIpc) is 1.50. The molecule has 3 saturated heterocycles. The number of piperidine rings is 1. The second kappa shape index (κ2) is 53.7. The first kappa shape index (κ1) is 106. The number of hydrogen-bond acceptors (Lipinski definition) is 30. The van der Waals surface area contributed by atoms with Crippen LogP contribution in [0.1, 0.15) is 182 Å². The molecule has 0 spiro atoms. The Bertz CT molecular complexity index is 4640. The van der Waals surface area contributed by atoms with Gasteiger partial charge in [-0.05, 0) is 200 Å². The summed E-state index contributed by atoms with van der Waals surface area (Å²) in [6, 6.07) is 10.3. The van der Waals surface area contributed by atoms with Crippen molar-refractivity contribution >= 4 is 63.4 Å². The Morgan fingerprint density at radius 3 is 2.21 bits per heavy atom. The summed E-state index contributed by atoms with van der Waals surface area (Å²) in [6.45, 7) is 28.2. The third kappa shape index (κ3) is 31.5. The highest BCUT2D eigenvalue weighted by atomic mass is 16.7. The van der Waals surface area contributed by atoms with E-state index in [9.17, 15) is 34.2 Å². The molecule has 744 valence electrons. The van der Waals surface area contributed by atoms with Gasteiger partial charge in [0.2, 0.25) is 17.6 Å². The van der Waals surface area contributed by atoms with Crippen LogP contribution in [0, 0.1) is 35.5 Å². The zero-order valence-corrected chi connectivity index (χ0v) is 81.2. The molecule has 134 heavy (non-hydrogen) atoms. The number of benzene rings is 2. The van der Waals surface area contributed by atoms with Gasteiger partial charge in [-0.15, -0.1) is 0 Å². The van der Waals surface area contributed by atoms with Gasteiger partial charge in [0.1, 0.15) is 54.3 Å². The molecule has 1 aliphatic carbocycles. The first-order chi connectivity index (χ1) is 64.6. The number of allylic oxidation sites excluding steroid dienone is 6. The number of ether oxygens (including phenoxy) is 13. The number of aliphatic hydroxyl groups excluding tert-OH is 1. The van der Waals surface area contributed by atoms with Crippen LogP contribution in [0.2, 0.25) is 0 Å². The number of cyclic esters (lactones) is 1. The molecule has 5 aromatic rings. The molecular formula is C100H152N12O22. The van der Waals surface area contributed by atoms with Crippen LogP contribution in [0.15, 0.2) is 94.7 Å². The lowest BCUT2D eigenvalue weighted by molar-refractivity contribution is -0.265. The number of aromatic nitrogens is 5. The summed E-state index contributed by atoms with van der Waals surface area (Å²) in [7, 11) is 4.92. The number of nitrogens with two attached hydrogens (primary N) is 2. The summed E-state index contributed by atoms with van der Waals surface area (Å²) >= 11 is 0. The van der Waals surface area contributed by atoms with Crippen molar-refractivity contribution in [3.8, 4) is 11.3 Å². The monoisotopic (exact) mass is 1870 g/mol. The molecule has 11 rings (SSSR count). The third-order valence-electron chi connectivity index (χ3n) is 27.0. The maximum Gasteiger partial charge on any atom is 0.329 e. The number of carbonyl (C=O) groups is 5. The smallest absolute Gasteiger partial charge is 0.329 e. The van der Waals surface area contributed by atoms with Gasteiger partial charge >= 0.3 is 5.97 Å². The molecule has 34 nitrogen and oxygen atoms in total. The summed E-state index contributed by atoms with van der Waals surface area (Å²) in [5, 5.41) is 33.1. The van der Waals surface area contributed by atoms with Crippen molar-refractivity contribution in [1.82, 2.24) is 50.2 Å². The number of morpholine rings is 1. The number of nitrogens with zero attached hydrogens (tertiary/aromatic N) is 8. The quantitative estimate of drug-likeness (QED) is 0.00700. The van der Waals surface area contributed by atoms with Crippen LogP contribution in [0.4, 0.5) is 11.8 Å². The zero-order valence-electron chi connectivity index (χ0n) is 81.2. The summed E-state index contributed by atoms with van der Waals surface area (Å²) in [5.41, 5.74) is 23.3. The van der Waals surface area contributed by atoms with Gasteiger partial charge in [-0.3, -0.25) is 28.9 Å². The lowest BCUT2D eigenvalue weighted by Crippen LogP contribution is -2.61. The number of hydroxylamine groups is 1. The molecule has 8 N–H and O–H groups in total. The standard InChI is InChI=1S/C100H152N12O22/c1-66-20-15-13-14-16-21-68(3)84(120-10)60-78-29-24-72(7)100(119,134-78)93(116)96(117)111-37-18-17-22-80(111)97(118)132-81(69(4)56-73-26-31-83(85(58-73)121-11)129-40-19-36-109-39-43-130-99(8,9)64-109)30-23-67(2)55-71(6)91(115)92(122-12)89(70(5)54-66)108-131-63-86(113)103-35-42-124-45-47-126-49-51-128-53-52-127-50-48-125-46-44-123-41-34-87(114)110-38-33-75-57-74(25-27-77(75)62-110)61-112-95-88(94(101)104-65-105-95)90(107-112)76-28-32-82-79(59-76)106-98(102)133-82/h13-16,21,25,27-28,32,55,57,59,65-67,69-70,72-73,78,80-81,83-85,89,91-92,108,115,119H,17-20,22-24,26,29-31,33-54,56,58,60-64H2,1-12H3,(H2,102,106)(H,103,113)(H2,101,104,105)/b15-13-,16-14+,68-21+,71-55+/t66-,67+,69-,70-,72-,73+,78+,80+,81+,83-,84+,85-,89?,91-,92+,100-/m1/s1. The maximum absolute atomic E-state index is 15.0. The largest absolute Gasteiger partial charge is 0.461 e. The van der Waals surface area contributed by atoms with Crippen molar-refractivity contribution in [1.29, 1.82) is 0 Å². The van der Waals surface area contributed by atoms with Crippen LogP contribution >= 0.6 is 0 Å². The van der Waals surface area contributed by atoms with Crippen molar-refractivity contribution in [2.75, 3.05) is 171 Å². The summed E-state index contributed by atoms with van der Waals surface area (Å²) < 4.78 is 85.3. The van der Waals surface area contributed by atoms with Gasteiger partial charge in [0, 0.05) is 91.7 Å². The van der Waals surface area contributed by atoms with Crippen LogP contribution in [-0.4, -0.2) is 305 Å². The fourth-order valence-electron chi connectivity index (χ4n) is 19.4. The first-order valence-electron chi connectivity index (χ1n) is 48.6. The topological polar surface area (TPSA) is 410 Å². The fraction of sp³-hybridized carbons (Fsp3) is 0.690. The normalized spacial score (nSPS) is 28.1. The number of oxazole rings is 1. The van der Waals surface area contributed by atoms with Crippen molar-refractivity contribution in [2.45, 2.75) is 251 Å². The fourth-order valence-corrected chi connectivity index (χ4v) is 19.4. The molecule has 1 saturated carbocycles. The Morgan fingerprint density at radius 1 is 0.746 bits per heavy atom. The van der Waals surface area contributed by atoms with Gasteiger partial charge in [0.15, 0.2) is 11.2 Å². The number of Topliss-reactive ketones (excluding diaryl/α,β-unsaturated/α-hetero) is 1. The molecule has 4 fully saturated rings. The number of aliphatic hydroxyl groups is 2. The predicted molar refractivity (Wildman–Crippen MR) is 506 cm³/mol. The second-order valence-corrected chi connectivity index (χ2v) is 38.0. The number of amides is 3. The molecule has 16 atom stereocenters. The Balaban J connectivity index is 0.584. The Morgan fingerprint density at radius 2 is 1.49 bits per heavy atom. The number of esters is 1. The van der Waals surface area contributed by atoms with Crippen molar-refractivity contribution in [3.05, 3.63) is 107 Å². The number of methoxy groups -OCH3 is 3. The number of ketones is 1. The van der Waals surface area contributed by atoms with Gasteiger partial charge < -0.3 is 103 Å². The highest BCUT2D eigenvalue weighted by Crippen LogP contribution is 2.40. The number of nitrogen functional groups attached to an aromatic ring is 2. The molecule has 2 aromatic carbocycles. The summed E-state index contributed by atoms with van der Waals surface area (Å²) in [4.78, 5) is 95.5. The Hall–Kier alpha value is -8.11. The summed E-state index contributed by atoms with van der Waals surface area (Å²) in [5.74, 6) is -5.74. The van der Waals surface area contributed by atoms with Crippen LogP contribution in [0.25, 0.3) is 33.4 Å². The molecule has 2 bridgehead atoms. The van der Waals surface area contributed by atoms with Gasteiger partial charge in [-0.25, -0.2) is 19.4 Å². The third-order valence-corrected chi connectivity index (χ3v) is 27.0. The van der Waals surface area contributed by atoms with E-state index in [4.69, 9.17) is 87.4 Å². The maximum atomic E-state index is 15.0. The lowest BCUT2D eigenvalue weighted by Gasteiger charge is -2.42. The Kier molecular flexibility index (Phi) is 42.6. The zero-order chi connectivity index (χ0) is 95.7. The lowest BCUT2D eigenvalue weighted by atomic mass is 9.78. The minimum atomic E-state index is -2.42. The van der Waals surface area contributed by atoms with Gasteiger partial charge in [0.05, 0.1) is 140 Å². The van der Waals surface area contributed by atoms with E-state index in [2.05, 4.69) is 96.5 Å². The van der Waals surface area contributed by atoms with E-state index in [-0.39, 0.29) is 104 Å². The molecule has 34 heteroatoms.